The first-order chi connectivity index (χ1) is 18.9. The summed E-state index contributed by atoms with van der Waals surface area (Å²) in [4.78, 5) is 27.8. The maximum atomic E-state index is 13.3. The van der Waals surface area contributed by atoms with Gasteiger partial charge in [-0.05, 0) is 36.8 Å². The number of halogens is 2. The van der Waals surface area contributed by atoms with Gasteiger partial charge >= 0.3 is 6.03 Å². The highest BCUT2D eigenvalue weighted by atomic mass is 35.5. The van der Waals surface area contributed by atoms with Crippen molar-refractivity contribution in [3.05, 3.63) is 88.9 Å². The Labute approximate surface area is 237 Å². The van der Waals surface area contributed by atoms with Gasteiger partial charge in [0.2, 0.25) is 5.91 Å². The lowest BCUT2D eigenvalue weighted by Gasteiger charge is -2.22. The molecule has 0 aliphatic carbocycles. The van der Waals surface area contributed by atoms with E-state index in [-0.39, 0.29) is 18.5 Å². The summed E-state index contributed by atoms with van der Waals surface area (Å²) in [5.41, 5.74) is 2.75. The number of aromatic nitrogens is 2. The van der Waals surface area contributed by atoms with Crippen LogP contribution in [-0.2, 0) is 4.79 Å². The molecule has 0 aliphatic heterocycles. The van der Waals surface area contributed by atoms with E-state index in [1.165, 1.54) is 4.90 Å². The quantitative estimate of drug-likeness (QED) is 0.214. The van der Waals surface area contributed by atoms with Crippen LogP contribution in [0.15, 0.2) is 78.9 Å². The zero-order chi connectivity index (χ0) is 27.8. The minimum atomic E-state index is -0.380. The average Bonchev–Trinajstić information content (AvgIpc) is 3.36. The van der Waals surface area contributed by atoms with Gasteiger partial charge in [0.25, 0.3) is 0 Å². The summed E-state index contributed by atoms with van der Waals surface area (Å²) in [5.74, 6) is 0.684. The smallest absolute Gasteiger partial charge is 0.322 e. The summed E-state index contributed by atoms with van der Waals surface area (Å²) in [6.07, 6.45) is 1.62. The van der Waals surface area contributed by atoms with Crippen molar-refractivity contribution in [2.75, 3.05) is 30.8 Å². The van der Waals surface area contributed by atoms with Gasteiger partial charge in [-0.3, -0.25) is 4.79 Å². The summed E-state index contributed by atoms with van der Waals surface area (Å²) in [7, 11) is 1.56. The Morgan fingerprint density at radius 3 is 2.46 bits per heavy atom. The van der Waals surface area contributed by atoms with Gasteiger partial charge in [-0.1, -0.05) is 72.9 Å². The first-order valence-corrected chi connectivity index (χ1v) is 13.2. The Hall–Kier alpha value is -4.01. The lowest BCUT2D eigenvalue weighted by Crippen LogP contribution is -2.41. The van der Waals surface area contributed by atoms with Crippen LogP contribution in [0.25, 0.3) is 16.9 Å². The lowest BCUT2D eigenvalue weighted by molar-refractivity contribution is -0.116. The molecule has 0 unspecified atom stereocenters. The van der Waals surface area contributed by atoms with Crippen LogP contribution in [0.3, 0.4) is 0 Å². The van der Waals surface area contributed by atoms with E-state index in [2.05, 4.69) is 10.6 Å². The highest BCUT2D eigenvalue weighted by Crippen LogP contribution is 2.29. The van der Waals surface area contributed by atoms with E-state index in [0.717, 1.165) is 18.4 Å². The molecule has 0 atom stereocenters. The van der Waals surface area contributed by atoms with Gasteiger partial charge in [0.1, 0.15) is 18.1 Å². The molecule has 0 spiro atoms. The van der Waals surface area contributed by atoms with Crippen molar-refractivity contribution in [1.82, 2.24) is 14.7 Å². The topological polar surface area (TPSA) is 88.5 Å². The third-order valence-corrected chi connectivity index (χ3v) is 6.66. The molecule has 1 aromatic heterocycles. The van der Waals surface area contributed by atoms with Gasteiger partial charge in [-0.25, -0.2) is 9.48 Å². The summed E-state index contributed by atoms with van der Waals surface area (Å²) in [6, 6.07) is 23.2. The number of amides is 3. The molecule has 2 N–H and O–H groups in total. The Balaban J connectivity index is 1.57. The van der Waals surface area contributed by atoms with Crippen LogP contribution in [0, 0.1) is 0 Å². The Morgan fingerprint density at radius 2 is 1.74 bits per heavy atom. The number of benzene rings is 3. The van der Waals surface area contributed by atoms with Gasteiger partial charge in [0, 0.05) is 29.9 Å². The molecular weight excluding hydrogens is 537 g/mol. The van der Waals surface area contributed by atoms with Crippen molar-refractivity contribution in [3.8, 4) is 22.7 Å². The minimum absolute atomic E-state index is 0.150. The molecule has 0 bridgehead atoms. The number of carbonyl (C=O) groups is 2. The van der Waals surface area contributed by atoms with E-state index >= 15 is 0 Å². The molecule has 8 nitrogen and oxygen atoms in total. The standard InChI is InChI=1S/C29H29Cl2N5O3/c1-3-4-15-35(29(38)32-21-11-8-12-23(16-21)39-2)19-28(37)33-27-18-26(20-9-6-5-7-10-20)34-36(27)22-13-14-24(30)25(31)17-22/h5-14,16-18H,3-4,15,19H2,1-2H3,(H,32,38)(H,33,37). The Kier molecular flexibility index (Phi) is 9.46. The number of rotatable bonds is 10. The third-order valence-electron chi connectivity index (χ3n) is 5.92. The molecule has 0 saturated carbocycles. The summed E-state index contributed by atoms with van der Waals surface area (Å²) in [5, 5.41) is 11.3. The second-order valence-electron chi connectivity index (χ2n) is 8.78. The first-order valence-electron chi connectivity index (χ1n) is 12.5. The summed E-state index contributed by atoms with van der Waals surface area (Å²) >= 11 is 12.4. The van der Waals surface area contributed by atoms with Crippen LogP contribution in [0.5, 0.6) is 5.75 Å². The number of methoxy groups -OCH3 is 1. The monoisotopic (exact) mass is 565 g/mol. The molecular formula is C29H29Cl2N5O3. The van der Waals surface area contributed by atoms with Gasteiger partial charge in [0.05, 0.1) is 28.5 Å². The SMILES string of the molecule is CCCCN(CC(=O)Nc1cc(-c2ccccc2)nn1-c1ccc(Cl)c(Cl)c1)C(=O)Nc1cccc(OC)c1. The molecule has 3 amide bonds. The number of unbranched alkanes of at least 4 members (excludes halogenated alkanes) is 1. The second kappa shape index (κ2) is 13.2. The Bertz CT molecular complexity index is 1440. The van der Waals surface area contributed by atoms with Crippen molar-refractivity contribution in [2.45, 2.75) is 19.8 Å². The van der Waals surface area contributed by atoms with Crippen molar-refractivity contribution in [1.29, 1.82) is 0 Å². The minimum Gasteiger partial charge on any atom is -0.497 e. The van der Waals surface area contributed by atoms with E-state index in [1.807, 2.05) is 37.3 Å². The second-order valence-corrected chi connectivity index (χ2v) is 9.59. The van der Waals surface area contributed by atoms with Crippen LogP contribution in [0.4, 0.5) is 16.3 Å². The molecule has 1 heterocycles. The Morgan fingerprint density at radius 1 is 0.949 bits per heavy atom. The van der Waals surface area contributed by atoms with E-state index < -0.39 is 0 Å². The molecule has 0 fully saturated rings. The third kappa shape index (κ3) is 7.31. The number of nitrogens with one attached hydrogen (secondary N) is 2. The predicted octanol–water partition coefficient (Wildman–Crippen LogP) is 7.13. The van der Waals surface area contributed by atoms with Crippen molar-refractivity contribution < 1.29 is 14.3 Å². The van der Waals surface area contributed by atoms with Crippen LogP contribution in [0.1, 0.15) is 19.8 Å². The number of urea groups is 1. The molecule has 202 valence electrons. The fourth-order valence-electron chi connectivity index (χ4n) is 3.89. The largest absolute Gasteiger partial charge is 0.497 e. The van der Waals surface area contributed by atoms with Gasteiger partial charge in [-0.2, -0.15) is 5.10 Å². The molecule has 0 saturated heterocycles. The molecule has 3 aromatic carbocycles. The number of hydrogen-bond donors (Lipinski definition) is 2. The van der Waals surface area contributed by atoms with Gasteiger partial charge < -0.3 is 20.3 Å². The summed E-state index contributed by atoms with van der Waals surface area (Å²) < 4.78 is 6.83. The van der Waals surface area contributed by atoms with E-state index in [9.17, 15) is 9.59 Å². The maximum Gasteiger partial charge on any atom is 0.322 e. The molecule has 10 heteroatoms. The molecule has 4 aromatic rings. The van der Waals surface area contributed by atoms with Crippen LogP contribution in [-0.4, -0.2) is 46.8 Å². The van der Waals surface area contributed by atoms with Crippen molar-refractivity contribution >= 4 is 46.6 Å². The molecule has 0 radical (unpaired) electrons. The fourth-order valence-corrected chi connectivity index (χ4v) is 4.19. The zero-order valence-electron chi connectivity index (χ0n) is 21.7. The molecule has 0 aliphatic rings. The molecule has 39 heavy (non-hydrogen) atoms. The maximum absolute atomic E-state index is 13.3. The van der Waals surface area contributed by atoms with Crippen molar-refractivity contribution in [2.24, 2.45) is 0 Å². The van der Waals surface area contributed by atoms with Gasteiger partial charge in [-0.15, -0.1) is 0 Å². The number of carbonyl (C=O) groups excluding carboxylic acids is 2. The zero-order valence-corrected chi connectivity index (χ0v) is 23.2. The highest BCUT2D eigenvalue weighted by Gasteiger charge is 2.20. The highest BCUT2D eigenvalue weighted by molar-refractivity contribution is 6.42. The lowest BCUT2D eigenvalue weighted by atomic mass is 10.1. The van der Waals surface area contributed by atoms with Crippen LogP contribution in [0.2, 0.25) is 10.0 Å². The van der Waals surface area contributed by atoms with Gasteiger partial charge in [0.15, 0.2) is 0 Å². The number of anilines is 2. The molecule has 4 rings (SSSR count). The first kappa shape index (κ1) is 28.0. The van der Waals surface area contributed by atoms with Crippen LogP contribution >= 0.6 is 23.2 Å². The average molecular weight is 566 g/mol. The van der Waals surface area contributed by atoms with Crippen LogP contribution < -0.4 is 15.4 Å². The van der Waals surface area contributed by atoms with E-state index in [0.29, 0.717) is 45.2 Å². The van der Waals surface area contributed by atoms with E-state index in [1.54, 1.807) is 60.3 Å². The van der Waals surface area contributed by atoms with Crippen molar-refractivity contribution in [3.63, 3.8) is 0 Å². The normalized spacial score (nSPS) is 10.7. The predicted molar refractivity (Wildman–Crippen MR) is 156 cm³/mol. The number of ether oxygens (including phenoxy) is 1. The number of nitrogens with zero attached hydrogens (tertiary/aromatic N) is 3. The fraction of sp³-hybridized carbons (Fsp3) is 0.207. The summed E-state index contributed by atoms with van der Waals surface area (Å²) in [6.45, 7) is 2.29. The van der Waals surface area contributed by atoms with E-state index in [4.69, 9.17) is 33.0 Å². The number of hydrogen-bond acceptors (Lipinski definition) is 4.